The van der Waals surface area contributed by atoms with Gasteiger partial charge in [-0.25, -0.2) is 13.1 Å². The third kappa shape index (κ3) is 4.34. The van der Waals surface area contributed by atoms with E-state index in [1.807, 2.05) is 6.92 Å². The molecule has 0 amide bonds. The van der Waals surface area contributed by atoms with Gasteiger partial charge in [0.1, 0.15) is 0 Å². The zero-order chi connectivity index (χ0) is 14.6. The fraction of sp³-hybridized carbons (Fsp3) is 0.467. The van der Waals surface area contributed by atoms with Crippen molar-refractivity contribution in [3.63, 3.8) is 0 Å². The van der Waals surface area contributed by atoms with Crippen LogP contribution in [-0.4, -0.2) is 21.0 Å². The van der Waals surface area contributed by atoms with E-state index < -0.39 is 10.0 Å². The molecule has 1 atom stereocenters. The lowest BCUT2D eigenvalue weighted by Gasteiger charge is -2.13. The van der Waals surface area contributed by atoms with Gasteiger partial charge in [-0.15, -0.1) is 0 Å². The Hall–Kier alpha value is -1.35. The van der Waals surface area contributed by atoms with Crippen LogP contribution < -0.4 is 10.5 Å². The van der Waals surface area contributed by atoms with Gasteiger partial charge in [-0.2, -0.15) is 0 Å². The molecule has 3 N–H and O–H groups in total. The van der Waals surface area contributed by atoms with Crippen LogP contribution in [0.1, 0.15) is 31.7 Å². The highest BCUT2D eigenvalue weighted by Gasteiger charge is 2.26. The Morgan fingerprint density at radius 1 is 1.45 bits per heavy atom. The molecule has 0 spiro atoms. The van der Waals surface area contributed by atoms with Crippen molar-refractivity contribution in [2.24, 2.45) is 11.7 Å². The van der Waals surface area contributed by atoms with E-state index in [9.17, 15) is 8.42 Å². The number of nitrogens with two attached hydrogens (primary N) is 1. The Labute approximate surface area is 120 Å². The van der Waals surface area contributed by atoms with Gasteiger partial charge in [0, 0.05) is 11.6 Å². The van der Waals surface area contributed by atoms with Gasteiger partial charge in [0.2, 0.25) is 10.0 Å². The number of hydrogen-bond donors (Lipinski definition) is 2. The predicted octanol–water partition coefficient (Wildman–Crippen LogP) is 1.46. The van der Waals surface area contributed by atoms with Crippen molar-refractivity contribution < 1.29 is 8.42 Å². The maximum Gasteiger partial charge on any atom is 0.240 e. The summed E-state index contributed by atoms with van der Waals surface area (Å²) in [4.78, 5) is 0.254. The van der Waals surface area contributed by atoms with Gasteiger partial charge in [-0.1, -0.05) is 30.7 Å². The lowest BCUT2D eigenvalue weighted by atomic mass is 10.2. The Morgan fingerprint density at radius 2 is 2.20 bits per heavy atom. The van der Waals surface area contributed by atoms with E-state index in [1.54, 1.807) is 24.3 Å². The van der Waals surface area contributed by atoms with Crippen LogP contribution in [0, 0.1) is 17.8 Å². The van der Waals surface area contributed by atoms with E-state index in [0.29, 0.717) is 11.5 Å². The van der Waals surface area contributed by atoms with E-state index in [2.05, 4.69) is 16.6 Å². The van der Waals surface area contributed by atoms with E-state index in [1.165, 1.54) is 12.8 Å². The molecular weight excluding hydrogens is 272 g/mol. The molecule has 1 fully saturated rings. The van der Waals surface area contributed by atoms with Crippen LogP contribution in [0.2, 0.25) is 0 Å². The molecule has 5 heteroatoms. The molecule has 0 saturated heterocycles. The zero-order valence-corrected chi connectivity index (χ0v) is 12.4. The molecule has 0 heterocycles. The average Bonchev–Trinajstić information content (AvgIpc) is 3.20. The highest BCUT2D eigenvalue weighted by atomic mass is 32.2. The second kappa shape index (κ2) is 6.40. The minimum Gasteiger partial charge on any atom is -0.320 e. The van der Waals surface area contributed by atoms with E-state index in [-0.39, 0.29) is 17.5 Å². The van der Waals surface area contributed by atoms with Gasteiger partial charge in [-0.3, -0.25) is 0 Å². The van der Waals surface area contributed by atoms with Crippen LogP contribution in [-0.2, 0) is 10.0 Å². The number of nitrogens with one attached hydrogen (secondary N) is 1. The summed E-state index contributed by atoms with van der Waals surface area (Å²) >= 11 is 0. The zero-order valence-electron chi connectivity index (χ0n) is 11.6. The molecule has 0 aliphatic heterocycles. The summed E-state index contributed by atoms with van der Waals surface area (Å²) in [6.07, 6.45) is 3.35. The molecule has 20 heavy (non-hydrogen) atoms. The molecule has 1 unspecified atom stereocenters. The molecule has 1 saturated carbocycles. The first kappa shape index (κ1) is 15.0. The fourth-order valence-electron chi connectivity index (χ4n) is 2.13. The van der Waals surface area contributed by atoms with Crippen LogP contribution in [0.15, 0.2) is 29.2 Å². The quantitative estimate of drug-likeness (QED) is 0.807. The molecule has 1 aliphatic rings. The van der Waals surface area contributed by atoms with Gasteiger partial charge in [0.05, 0.1) is 11.4 Å². The predicted molar refractivity (Wildman–Crippen MR) is 79.5 cm³/mol. The van der Waals surface area contributed by atoms with Crippen molar-refractivity contribution >= 4 is 10.0 Å². The fourth-order valence-corrected chi connectivity index (χ4v) is 3.43. The monoisotopic (exact) mass is 292 g/mol. The number of hydrogen-bond acceptors (Lipinski definition) is 3. The number of rotatable bonds is 5. The highest BCUT2D eigenvalue weighted by Crippen LogP contribution is 2.33. The Balaban J connectivity index is 2.11. The van der Waals surface area contributed by atoms with Gasteiger partial charge in [0.25, 0.3) is 0 Å². The third-order valence-corrected chi connectivity index (χ3v) is 4.81. The molecule has 4 nitrogen and oxygen atoms in total. The number of benzene rings is 1. The standard InChI is InChI=1S/C15H20N2O2S/c1-12(10-14-7-8-14)17-20(18,19)15-6-2-4-13(11-15)5-3-9-16/h2,4,6,11-12,14,17H,7-10,16H2,1H3. The van der Waals surface area contributed by atoms with Crippen molar-refractivity contribution in [3.8, 4) is 11.8 Å². The molecule has 108 valence electrons. The SMILES string of the molecule is CC(CC1CC1)NS(=O)(=O)c1cccc(C#CCN)c1. The molecule has 0 radical (unpaired) electrons. The lowest BCUT2D eigenvalue weighted by molar-refractivity contribution is 0.530. The smallest absolute Gasteiger partial charge is 0.240 e. The van der Waals surface area contributed by atoms with Crippen LogP contribution in [0.5, 0.6) is 0 Å². The van der Waals surface area contributed by atoms with Gasteiger partial charge in [-0.05, 0) is 37.5 Å². The minimum absolute atomic E-state index is 0.0358. The Bertz CT molecular complexity index is 625. The summed E-state index contributed by atoms with van der Waals surface area (Å²) in [5.41, 5.74) is 5.97. The molecule has 0 bridgehead atoms. The first-order valence-corrected chi connectivity index (χ1v) is 8.31. The summed E-state index contributed by atoms with van der Waals surface area (Å²) in [5, 5.41) is 0. The van der Waals surface area contributed by atoms with E-state index >= 15 is 0 Å². The molecule has 0 aromatic heterocycles. The van der Waals surface area contributed by atoms with Crippen molar-refractivity contribution in [1.29, 1.82) is 0 Å². The average molecular weight is 292 g/mol. The third-order valence-electron chi connectivity index (χ3n) is 3.22. The van der Waals surface area contributed by atoms with Crippen molar-refractivity contribution in [1.82, 2.24) is 4.72 Å². The second-order valence-electron chi connectivity index (χ2n) is 5.24. The van der Waals surface area contributed by atoms with Gasteiger partial charge < -0.3 is 5.73 Å². The topological polar surface area (TPSA) is 72.2 Å². The van der Waals surface area contributed by atoms with Crippen molar-refractivity contribution in [3.05, 3.63) is 29.8 Å². The van der Waals surface area contributed by atoms with Crippen LogP contribution in [0.25, 0.3) is 0 Å². The summed E-state index contributed by atoms with van der Waals surface area (Å²) in [6.45, 7) is 2.17. The first-order chi connectivity index (χ1) is 9.51. The Kier molecular flexibility index (Phi) is 4.81. The molecule has 1 aromatic rings. The summed E-state index contributed by atoms with van der Waals surface area (Å²) in [5.74, 6) is 6.26. The molecule has 1 aromatic carbocycles. The van der Waals surface area contributed by atoms with E-state index in [4.69, 9.17) is 5.73 Å². The first-order valence-electron chi connectivity index (χ1n) is 6.82. The maximum absolute atomic E-state index is 12.3. The summed E-state index contributed by atoms with van der Waals surface area (Å²) in [7, 11) is -3.47. The minimum atomic E-state index is -3.47. The van der Waals surface area contributed by atoms with Crippen LogP contribution in [0.3, 0.4) is 0 Å². The lowest BCUT2D eigenvalue weighted by Crippen LogP contribution is -2.32. The van der Waals surface area contributed by atoms with Crippen LogP contribution in [0.4, 0.5) is 0 Å². The summed E-state index contributed by atoms with van der Waals surface area (Å²) < 4.78 is 27.3. The van der Waals surface area contributed by atoms with Gasteiger partial charge >= 0.3 is 0 Å². The maximum atomic E-state index is 12.3. The Morgan fingerprint density at radius 3 is 2.85 bits per heavy atom. The number of sulfonamides is 1. The van der Waals surface area contributed by atoms with Crippen LogP contribution >= 0.6 is 0 Å². The summed E-state index contributed by atoms with van der Waals surface area (Å²) in [6, 6.07) is 6.59. The van der Waals surface area contributed by atoms with Crippen molar-refractivity contribution in [2.45, 2.75) is 37.1 Å². The molecule has 1 aliphatic carbocycles. The van der Waals surface area contributed by atoms with Crippen molar-refractivity contribution in [2.75, 3.05) is 6.54 Å². The normalized spacial score (nSPS) is 16.3. The molecular formula is C15H20N2O2S. The van der Waals surface area contributed by atoms with E-state index in [0.717, 1.165) is 6.42 Å². The highest BCUT2D eigenvalue weighted by molar-refractivity contribution is 7.89. The molecule has 2 rings (SSSR count). The second-order valence-corrected chi connectivity index (χ2v) is 6.95. The largest absolute Gasteiger partial charge is 0.320 e. The van der Waals surface area contributed by atoms with Gasteiger partial charge in [0.15, 0.2) is 0 Å².